The Morgan fingerprint density at radius 3 is 2.63 bits per heavy atom. The van der Waals surface area contributed by atoms with Crippen LogP contribution in [0.25, 0.3) is 0 Å². The summed E-state index contributed by atoms with van der Waals surface area (Å²) in [5, 5.41) is 17.7. The van der Waals surface area contributed by atoms with Crippen LogP contribution >= 0.6 is 0 Å². The molecular formula is C14H20N4O. The Morgan fingerprint density at radius 2 is 2.05 bits per heavy atom. The van der Waals surface area contributed by atoms with Gasteiger partial charge in [-0.1, -0.05) is 0 Å². The zero-order chi connectivity index (χ0) is 13.6. The lowest BCUT2D eigenvalue weighted by molar-refractivity contribution is 0.126. The molecule has 0 amide bonds. The highest BCUT2D eigenvalue weighted by Crippen LogP contribution is 2.40. The third-order valence-corrected chi connectivity index (χ3v) is 4.36. The molecule has 0 radical (unpaired) electrons. The van der Waals surface area contributed by atoms with Gasteiger partial charge < -0.3 is 15.7 Å². The largest absolute Gasteiger partial charge is 0.393 e. The van der Waals surface area contributed by atoms with Crippen molar-refractivity contribution >= 4 is 11.7 Å². The fourth-order valence-corrected chi connectivity index (χ4v) is 3.57. The first-order valence-electron chi connectivity index (χ1n) is 6.84. The molecule has 2 fully saturated rings. The van der Waals surface area contributed by atoms with Gasteiger partial charge in [-0.25, -0.2) is 4.98 Å². The van der Waals surface area contributed by atoms with Gasteiger partial charge in [0.2, 0.25) is 0 Å². The lowest BCUT2D eigenvalue weighted by Crippen LogP contribution is -2.46. The summed E-state index contributed by atoms with van der Waals surface area (Å²) in [6.45, 7) is 1.96. The monoisotopic (exact) mass is 260 g/mol. The normalized spacial score (nSPS) is 29.6. The summed E-state index contributed by atoms with van der Waals surface area (Å²) in [7, 11) is 0. The van der Waals surface area contributed by atoms with Gasteiger partial charge in [0.05, 0.1) is 11.7 Å². The number of nitrogens with zero attached hydrogens (tertiary/aromatic N) is 2. The Kier molecular flexibility index (Phi) is 2.93. The van der Waals surface area contributed by atoms with E-state index in [-0.39, 0.29) is 11.9 Å². The van der Waals surface area contributed by atoms with Crippen LogP contribution < -0.4 is 10.6 Å². The van der Waals surface area contributed by atoms with Gasteiger partial charge >= 0.3 is 0 Å². The number of piperidine rings is 1. The molecule has 2 aliphatic rings. The van der Waals surface area contributed by atoms with Crippen molar-refractivity contribution in [2.24, 2.45) is 5.73 Å². The average Bonchev–Trinajstić information content (AvgIpc) is 2.60. The van der Waals surface area contributed by atoms with Crippen molar-refractivity contribution in [3.8, 4) is 0 Å². The van der Waals surface area contributed by atoms with Gasteiger partial charge in [0, 0.05) is 18.3 Å². The number of hydrogen-bond acceptors (Lipinski definition) is 4. The van der Waals surface area contributed by atoms with Crippen molar-refractivity contribution in [3.05, 3.63) is 23.4 Å². The minimum absolute atomic E-state index is 0.0751. The number of aliphatic hydroxyl groups is 1. The standard InChI is InChI=1S/C14H20N4O/c1-8-4-5-17-14(12(8)13(15)16)18-9-2-3-10(18)7-11(19)6-9/h4-5,9-11,19H,2-3,6-7H2,1H3,(H3,15,16). The van der Waals surface area contributed by atoms with Gasteiger partial charge in [0.15, 0.2) is 0 Å². The summed E-state index contributed by atoms with van der Waals surface area (Å²) < 4.78 is 0. The molecule has 2 unspecified atom stereocenters. The molecule has 2 saturated heterocycles. The topological polar surface area (TPSA) is 86.2 Å². The number of hydrogen-bond donors (Lipinski definition) is 3. The maximum atomic E-state index is 9.87. The van der Waals surface area contributed by atoms with E-state index in [9.17, 15) is 5.11 Å². The molecular weight excluding hydrogens is 240 g/mol. The zero-order valence-electron chi connectivity index (χ0n) is 11.1. The van der Waals surface area contributed by atoms with E-state index in [2.05, 4.69) is 9.88 Å². The van der Waals surface area contributed by atoms with Crippen LogP contribution in [0.15, 0.2) is 12.3 Å². The Balaban J connectivity index is 2.04. The summed E-state index contributed by atoms with van der Waals surface area (Å²) in [4.78, 5) is 6.76. The third-order valence-electron chi connectivity index (χ3n) is 4.36. The number of pyridine rings is 1. The van der Waals surface area contributed by atoms with Crippen LogP contribution in [0.5, 0.6) is 0 Å². The molecule has 0 spiro atoms. The fraction of sp³-hybridized carbons (Fsp3) is 0.571. The van der Waals surface area contributed by atoms with Crippen molar-refractivity contribution < 1.29 is 5.11 Å². The molecule has 0 aromatic carbocycles. The van der Waals surface area contributed by atoms with E-state index in [0.717, 1.165) is 42.6 Å². The van der Waals surface area contributed by atoms with Crippen LogP contribution in [0, 0.1) is 12.3 Å². The molecule has 2 aliphatic heterocycles. The first-order chi connectivity index (χ1) is 9.08. The Bertz CT molecular complexity index is 502. The molecule has 0 aliphatic carbocycles. The average molecular weight is 260 g/mol. The highest BCUT2D eigenvalue weighted by atomic mass is 16.3. The highest BCUT2D eigenvalue weighted by molar-refractivity contribution is 6.01. The lowest BCUT2D eigenvalue weighted by atomic mass is 9.98. The number of nitrogens with one attached hydrogen (secondary N) is 1. The van der Waals surface area contributed by atoms with Gasteiger partial charge in [-0.2, -0.15) is 0 Å². The van der Waals surface area contributed by atoms with E-state index in [1.165, 1.54) is 0 Å². The number of aryl methyl sites for hydroxylation is 1. The summed E-state index contributed by atoms with van der Waals surface area (Å²) in [5.41, 5.74) is 7.46. The maximum absolute atomic E-state index is 9.87. The van der Waals surface area contributed by atoms with Crippen LogP contribution in [0.2, 0.25) is 0 Å². The van der Waals surface area contributed by atoms with Crippen LogP contribution in [0.3, 0.4) is 0 Å². The van der Waals surface area contributed by atoms with E-state index in [1.807, 2.05) is 13.0 Å². The maximum Gasteiger partial charge on any atom is 0.140 e. The van der Waals surface area contributed by atoms with Crippen LogP contribution in [0.4, 0.5) is 5.82 Å². The van der Waals surface area contributed by atoms with Crippen molar-refractivity contribution in [2.75, 3.05) is 4.90 Å². The summed E-state index contributed by atoms with van der Waals surface area (Å²) in [5.74, 6) is 0.901. The quantitative estimate of drug-likeness (QED) is 0.550. The minimum atomic E-state index is -0.195. The second-order valence-corrected chi connectivity index (χ2v) is 5.66. The van der Waals surface area contributed by atoms with Gasteiger partial charge in [-0.05, 0) is 44.2 Å². The fourth-order valence-electron chi connectivity index (χ4n) is 3.57. The smallest absolute Gasteiger partial charge is 0.140 e. The predicted octanol–water partition coefficient (Wildman–Crippen LogP) is 1.17. The van der Waals surface area contributed by atoms with Crippen molar-refractivity contribution in [1.29, 1.82) is 5.41 Å². The second kappa shape index (κ2) is 4.49. The molecule has 1 aromatic rings. The van der Waals surface area contributed by atoms with Crippen molar-refractivity contribution in [1.82, 2.24) is 4.98 Å². The van der Waals surface area contributed by atoms with Crippen LogP contribution in [0.1, 0.15) is 36.8 Å². The molecule has 0 saturated carbocycles. The van der Waals surface area contributed by atoms with E-state index in [1.54, 1.807) is 6.20 Å². The second-order valence-electron chi connectivity index (χ2n) is 5.66. The highest BCUT2D eigenvalue weighted by Gasteiger charge is 2.41. The Morgan fingerprint density at radius 1 is 1.42 bits per heavy atom. The Hall–Kier alpha value is -1.62. The minimum Gasteiger partial charge on any atom is -0.393 e. The first kappa shape index (κ1) is 12.4. The van der Waals surface area contributed by atoms with E-state index in [4.69, 9.17) is 11.1 Å². The number of anilines is 1. The number of rotatable bonds is 2. The summed E-state index contributed by atoms with van der Waals surface area (Å²) in [6, 6.07) is 2.56. The number of nitrogens with two attached hydrogens (primary N) is 1. The van der Waals surface area contributed by atoms with E-state index in [0.29, 0.717) is 12.1 Å². The van der Waals surface area contributed by atoms with Crippen molar-refractivity contribution in [3.63, 3.8) is 0 Å². The molecule has 5 nitrogen and oxygen atoms in total. The number of nitrogen functional groups attached to an aromatic ring is 1. The van der Waals surface area contributed by atoms with Gasteiger partial charge in [0.1, 0.15) is 11.7 Å². The third kappa shape index (κ3) is 1.98. The van der Waals surface area contributed by atoms with Crippen LogP contribution in [-0.2, 0) is 0 Å². The first-order valence-corrected chi connectivity index (χ1v) is 6.84. The SMILES string of the molecule is Cc1ccnc(N2C3CCC2CC(O)C3)c1C(=N)N. The van der Waals surface area contributed by atoms with E-state index < -0.39 is 0 Å². The molecule has 3 heterocycles. The summed E-state index contributed by atoms with van der Waals surface area (Å²) >= 11 is 0. The van der Waals surface area contributed by atoms with Crippen LogP contribution in [-0.4, -0.2) is 34.1 Å². The molecule has 2 atom stereocenters. The molecule has 102 valence electrons. The molecule has 2 bridgehead atoms. The molecule has 5 heteroatoms. The number of aromatic nitrogens is 1. The molecule has 4 N–H and O–H groups in total. The zero-order valence-corrected chi connectivity index (χ0v) is 11.1. The molecule has 1 aromatic heterocycles. The molecule has 3 rings (SSSR count). The number of aliphatic hydroxyl groups excluding tert-OH is 1. The van der Waals surface area contributed by atoms with Gasteiger partial charge in [-0.15, -0.1) is 0 Å². The predicted molar refractivity (Wildman–Crippen MR) is 74.5 cm³/mol. The van der Waals surface area contributed by atoms with Gasteiger partial charge in [-0.3, -0.25) is 5.41 Å². The van der Waals surface area contributed by atoms with E-state index >= 15 is 0 Å². The summed E-state index contributed by atoms with van der Waals surface area (Å²) in [6.07, 6.45) is 5.36. The Labute approximate surface area is 113 Å². The van der Waals surface area contributed by atoms with Gasteiger partial charge in [0.25, 0.3) is 0 Å². The number of fused-ring (bicyclic) bond motifs is 2. The molecule has 19 heavy (non-hydrogen) atoms. The lowest BCUT2D eigenvalue weighted by Gasteiger charge is -2.39. The number of amidine groups is 1. The van der Waals surface area contributed by atoms with Crippen molar-refractivity contribution in [2.45, 2.75) is 50.8 Å².